The summed E-state index contributed by atoms with van der Waals surface area (Å²) in [7, 11) is 0. The predicted molar refractivity (Wildman–Crippen MR) is 155 cm³/mol. The number of rotatable bonds is 10. The summed E-state index contributed by atoms with van der Waals surface area (Å²) in [5.74, 6) is 0.983. The number of nitrogens with one attached hydrogen (secondary N) is 1. The van der Waals surface area contributed by atoms with Crippen LogP contribution in [0.15, 0.2) is 72.8 Å². The van der Waals surface area contributed by atoms with E-state index in [1.165, 1.54) is 19.3 Å². The lowest BCUT2D eigenvalue weighted by Gasteiger charge is -2.33. The fourth-order valence-corrected chi connectivity index (χ4v) is 5.45. The van der Waals surface area contributed by atoms with Crippen LogP contribution in [0.2, 0.25) is 0 Å². The van der Waals surface area contributed by atoms with E-state index in [9.17, 15) is 9.59 Å². The summed E-state index contributed by atoms with van der Waals surface area (Å²) in [5, 5.41) is 10.1. The van der Waals surface area contributed by atoms with Crippen LogP contribution in [0.25, 0.3) is 16.5 Å². The van der Waals surface area contributed by atoms with Gasteiger partial charge in [-0.05, 0) is 60.2 Å². The molecule has 0 radical (unpaired) electrons. The highest BCUT2D eigenvalue weighted by Crippen LogP contribution is 2.39. The van der Waals surface area contributed by atoms with Crippen molar-refractivity contribution in [2.24, 2.45) is 5.92 Å². The number of fused-ring (bicyclic) bond motifs is 1. The number of anilines is 1. The van der Waals surface area contributed by atoms with Gasteiger partial charge in [0.2, 0.25) is 0 Å². The Morgan fingerprint density at radius 2 is 1.79 bits per heavy atom. The molecule has 39 heavy (non-hydrogen) atoms. The van der Waals surface area contributed by atoms with Gasteiger partial charge in [0.25, 0.3) is 5.91 Å². The Kier molecular flexibility index (Phi) is 7.82. The van der Waals surface area contributed by atoms with Crippen molar-refractivity contribution >= 4 is 28.5 Å². The van der Waals surface area contributed by atoms with E-state index in [1.54, 1.807) is 0 Å². The Bertz CT molecular complexity index is 1480. The molecule has 0 unspecified atom stereocenters. The SMILES string of the molecule is CCOC(=O)CCc1cccc(-n2nc(C(C)(C)CC3CCC3)cc2NC(=O)c2cccc3ccccc23)c1. The zero-order valence-electron chi connectivity index (χ0n) is 23.1. The highest BCUT2D eigenvalue weighted by molar-refractivity contribution is 6.12. The summed E-state index contributed by atoms with van der Waals surface area (Å²) in [6, 6.07) is 23.7. The van der Waals surface area contributed by atoms with Crippen molar-refractivity contribution in [2.75, 3.05) is 11.9 Å². The van der Waals surface area contributed by atoms with Crippen LogP contribution in [-0.2, 0) is 21.4 Å². The molecule has 6 nitrogen and oxygen atoms in total. The first-order valence-corrected chi connectivity index (χ1v) is 14.0. The van der Waals surface area contributed by atoms with Gasteiger partial charge in [-0.3, -0.25) is 9.59 Å². The van der Waals surface area contributed by atoms with Crippen molar-refractivity contribution in [1.29, 1.82) is 0 Å². The average molecular weight is 524 g/mol. The largest absolute Gasteiger partial charge is 0.466 e. The molecule has 1 N–H and O–H groups in total. The first kappa shape index (κ1) is 26.7. The maximum atomic E-state index is 13.6. The van der Waals surface area contributed by atoms with Gasteiger partial charge in [0.1, 0.15) is 5.82 Å². The van der Waals surface area contributed by atoms with Crippen molar-refractivity contribution in [2.45, 2.75) is 64.7 Å². The molecule has 1 fully saturated rings. The van der Waals surface area contributed by atoms with E-state index in [0.717, 1.165) is 40.1 Å². The number of benzene rings is 3. The lowest BCUT2D eigenvalue weighted by molar-refractivity contribution is -0.143. The van der Waals surface area contributed by atoms with E-state index in [4.69, 9.17) is 9.84 Å². The highest BCUT2D eigenvalue weighted by atomic mass is 16.5. The maximum Gasteiger partial charge on any atom is 0.306 e. The Labute approximate surface area is 230 Å². The lowest BCUT2D eigenvalue weighted by Crippen LogP contribution is -2.26. The Hall–Kier alpha value is -3.93. The molecule has 1 heterocycles. The van der Waals surface area contributed by atoms with Crippen LogP contribution in [-0.4, -0.2) is 28.3 Å². The van der Waals surface area contributed by atoms with Gasteiger partial charge in [0.15, 0.2) is 0 Å². The number of carbonyl (C=O) groups excluding carboxylic acids is 2. The zero-order valence-corrected chi connectivity index (χ0v) is 23.1. The van der Waals surface area contributed by atoms with Gasteiger partial charge in [-0.25, -0.2) is 4.68 Å². The molecule has 0 aliphatic heterocycles. The number of esters is 1. The molecular formula is C33H37N3O3. The monoisotopic (exact) mass is 523 g/mol. The van der Waals surface area contributed by atoms with Crippen LogP contribution in [0.3, 0.4) is 0 Å². The first-order valence-electron chi connectivity index (χ1n) is 14.0. The number of ether oxygens (including phenoxy) is 1. The Balaban J connectivity index is 1.48. The molecule has 0 spiro atoms. The van der Waals surface area contributed by atoms with Gasteiger partial charge in [0, 0.05) is 23.5 Å². The van der Waals surface area contributed by atoms with Crippen molar-refractivity contribution in [3.63, 3.8) is 0 Å². The molecule has 1 aliphatic carbocycles. The lowest BCUT2D eigenvalue weighted by atomic mass is 9.72. The van der Waals surface area contributed by atoms with Gasteiger partial charge in [-0.1, -0.05) is 81.6 Å². The minimum atomic E-state index is -0.204. The third-order valence-electron chi connectivity index (χ3n) is 7.78. The number of hydrogen-bond acceptors (Lipinski definition) is 4. The molecule has 4 aromatic rings. The quantitative estimate of drug-likeness (QED) is 0.222. The van der Waals surface area contributed by atoms with Crippen molar-refractivity contribution in [1.82, 2.24) is 9.78 Å². The third-order valence-corrected chi connectivity index (χ3v) is 7.78. The van der Waals surface area contributed by atoms with Crippen molar-refractivity contribution in [3.8, 4) is 5.69 Å². The van der Waals surface area contributed by atoms with E-state index in [2.05, 4.69) is 19.2 Å². The van der Waals surface area contributed by atoms with Gasteiger partial charge < -0.3 is 10.1 Å². The molecule has 0 atom stereocenters. The molecule has 6 heteroatoms. The summed E-state index contributed by atoms with van der Waals surface area (Å²) < 4.78 is 6.92. The van der Waals surface area contributed by atoms with E-state index >= 15 is 0 Å². The second-order valence-corrected chi connectivity index (χ2v) is 11.2. The van der Waals surface area contributed by atoms with E-state index in [0.29, 0.717) is 30.8 Å². The van der Waals surface area contributed by atoms with Gasteiger partial charge in [-0.2, -0.15) is 5.10 Å². The summed E-state index contributed by atoms with van der Waals surface area (Å²) >= 11 is 0. The summed E-state index contributed by atoms with van der Waals surface area (Å²) in [6.45, 7) is 6.67. The molecule has 202 valence electrons. The molecule has 5 rings (SSSR count). The second kappa shape index (κ2) is 11.4. The Morgan fingerprint density at radius 3 is 2.56 bits per heavy atom. The van der Waals surface area contributed by atoms with Gasteiger partial charge >= 0.3 is 5.97 Å². The number of aromatic nitrogens is 2. The van der Waals surface area contributed by atoms with Crippen LogP contribution < -0.4 is 5.32 Å². The third kappa shape index (κ3) is 6.06. The maximum absolute atomic E-state index is 13.6. The smallest absolute Gasteiger partial charge is 0.306 e. The zero-order chi connectivity index (χ0) is 27.4. The normalized spacial score (nSPS) is 13.7. The van der Waals surface area contributed by atoms with Crippen molar-refractivity contribution in [3.05, 3.63) is 89.6 Å². The molecule has 0 bridgehead atoms. The fourth-order valence-electron chi connectivity index (χ4n) is 5.45. The number of hydrogen-bond donors (Lipinski definition) is 1. The molecule has 0 saturated heterocycles. The van der Waals surface area contributed by atoms with Crippen LogP contribution >= 0.6 is 0 Å². The first-order chi connectivity index (χ1) is 18.8. The van der Waals surface area contributed by atoms with E-state index < -0.39 is 0 Å². The molecule has 1 aromatic heterocycles. The molecule has 1 saturated carbocycles. The van der Waals surface area contributed by atoms with Crippen molar-refractivity contribution < 1.29 is 14.3 Å². The van der Waals surface area contributed by atoms with Gasteiger partial charge in [0.05, 0.1) is 18.0 Å². The number of carbonyl (C=O) groups is 2. The minimum absolute atomic E-state index is 0.128. The summed E-state index contributed by atoms with van der Waals surface area (Å²) in [5.41, 5.74) is 3.31. The topological polar surface area (TPSA) is 73.2 Å². The highest BCUT2D eigenvalue weighted by Gasteiger charge is 2.32. The number of nitrogens with zero attached hydrogens (tertiary/aromatic N) is 2. The molecule has 3 aromatic carbocycles. The van der Waals surface area contributed by atoms with Crippen LogP contribution in [0, 0.1) is 5.92 Å². The van der Waals surface area contributed by atoms with Crippen LogP contribution in [0.4, 0.5) is 5.82 Å². The fraction of sp³-hybridized carbons (Fsp3) is 0.364. The van der Waals surface area contributed by atoms with Gasteiger partial charge in [-0.15, -0.1) is 0 Å². The van der Waals surface area contributed by atoms with Crippen LogP contribution in [0.1, 0.15) is 74.5 Å². The van der Waals surface area contributed by atoms with E-state index in [-0.39, 0.29) is 17.3 Å². The van der Waals surface area contributed by atoms with Crippen LogP contribution in [0.5, 0.6) is 0 Å². The average Bonchev–Trinajstić information content (AvgIpc) is 3.34. The standard InChI is InChI=1S/C33H37N3O3/c1-4-39-31(37)19-18-23-10-8-15-26(20-23)36-30(21-29(35-36)33(2,3)22-24-11-7-12-24)34-32(38)28-17-9-14-25-13-5-6-16-27(25)28/h5-6,8-10,13-17,20-21,24H,4,7,11-12,18-19,22H2,1-3H3,(H,34,38). The molecule has 1 amide bonds. The molecular weight excluding hydrogens is 486 g/mol. The number of aryl methyl sites for hydroxylation is 1. The van der Waals surface area contributed by atoms with E-state index in [1.807, 2.05) is 84.4 Å². The number of amides is 1. The Morgan fingerprint density at radius 1 is 1.03 bits per heavy atom. The molecule has 1 aliphatic rings. The second-order valence-electron chi connectivity index (χ2n) is 11.2. The summed E-state index contributed by atoms with van der Waals surface area (Å²) in [4.78, 5) is 25.5. The summed E-state index contributed by atoms with van der Waals surface area (Å²) in [6.07, 6.45) is 5.82. The predicted octanol–water partition coefficient (Wildman–Crippen LogP) is 7.24. The minimum Gasteiger partial charge on any atom is -0.466 e.